The van der Waals surface area contributed by atoms with Gasteiger partial charge in [-0.1, -0.05) is 0 Å². The van der Waals surface area contributed by atoms with E-state index < -0.39 is 17.8 Å². The van der Waals surface area contributed by atoms with Crippen LogP contribution in [0, 0.1) is 0 Å². The number of anilines is 1. The highest BCUT2D eigenvalue weighted by Crippen LogP contribution is 2.17. The molecule has 26 heavy (non-hydrogen) atoms. The van der Waals surface area contributed by atoms with Gasteiger partial charge in [0.2, 0.25) is 0 Å². The van der Waals surface area contributed by atoms with Crippen LogP contribution < -0.4 is 10.6 Å². The number of hydrogen-bond donors (Lipinski definition) is 2. The molecule has 0 saturated heterocycles. The molecule has 0 bridgehead atoms. The second-order valence-electron chi connectivity index (χ2n) is 5.35. The molecular formula is C18H18N2O5S. The van der Waals surface area contributed by atoms with Crippen molar-refractivity contribution in [2.75, 3.05) is 19.0 Å². The maximum atomic E-state index is 11.9. The first kappa shape index (κ1) is 19.3. The summed E-state index contributed by atoms with van der Waals surface area (Å²) in [6.45, 7) is 1.78. The van der Waals surface area contributed by atoms with E-state index in [1.807, 2.05) is 6.07 Å². The molecule has 0 aliphatic rings. The number of esters is 1. The lowest BCUT2D eigenvalue weighted by Gasteiger charge is -2.07. The average molecular weight is 374 g/mol. The molecule has 0 unspecified atom stereocenters. The molecule has 136 valence electrons. The third kappa shape index (κ3) is 5.25. The van der Waals surface area contributed by atoms with Crippen molar-refractivity contribution in [3.63, 3.8) is 0 Å². The summed E-state index contributed by atoms with van der Waals surface area (Å²) >= 11 is 1.37. The van der Waals surface area contributed by atoms with Crippen LogP contribution in [0.5, 0.6) is 0 Å². The van der Waals surface area contributed by atoms with Gasteiger partial charge in [0.05, 0.1) is 17.6 Å². The first-order valence-corrected chi connectivity index (χ1v) is 8.59. The zero-order chi connectivity index (χ0) is 19.1. The topological polar surface area (TPSA) is 102 Å². The van der Waals surface area contributed by atoms with Gasteiger partial charge in [-0.25, -0.2) is 4.79 Å². The summed E-state index contributed by atoms with van der Waals surface area (Å²) in [7, 11) is 1.28. The Morgan fingerprint density at radius 1 is 1.00 bits per heavy atom. The number of amides is 2. The molecule has 0 spiro atoms. The van der Waals surface area contributed by atoms with E-state index in [0.717, 1.165) is 4.88 Å². The van der Waals surface area contributed by atoms with Gasteiger partial charge in [-0.15, -0.1) is 11.3 Å². The Bertz CT molecular complexity index is 826. The predicted molar refractivity (Wildman–Crippen MR) is 97.4 cm³/mol. The average Bonchev–Trinajstić information content (AvgIpc) is 3.10. The van der Waals surface area contributed by atoms with E-state index in [1.165, 1.54) is 49.6 Å². The van der Waals surface area contributed by atoms with Gasteiger partial charge >= 0.3 is 17.8 Å². The first-order chi connectivity index (χ1) is 12.4. The summed E-state index contributed by atoms with van der Waals surface area (Å²) in [5.41, 5.74) is 0.734. The highest BCUT2D eigenvalue weighted by Gasteiger charge is 2.14. The van der Waals surface area contributed by atoms with Crippen molar-refractivity contribution in [1.82, 2.24) is 5.32 Å². The molecule has 0 atom stereocenters. The Morgan fingerprint density at radius 3 is 2.27 bits per heavy atom. The van der Waals surface area contributed by atoms with Gasteiger partial charge in [0.25, 0.3) is 0 Å². The summed E-state index contributed by atoms with van der Waals surface area (Å²) in [6.07, 6.45) is 0.533. The van der Waals surface area contributed by atoms with Crippen LogP contribution in [0.3, 0.4) is 0 Å². The summed E-state index contributed by atoms with van der Waals surface area (Å²) < 4.78 is 4.58. The van der Waals surface area contributed by atoms with E-state index in [-0.39, 0.29) is 12.3 Å². The third-order valence-electron chi connectivity index (χ3n) is 3.44. The van der Waals surface area contributed by atoms with E-state index in [2.05, 4.69) is 15.4 Å². The highest BCUT2D eigenvalue weighted by atomic mass is 32.1. The van der Waals surface area contributed by atoms with Crippen molar-refractivity contribution >= 4 is 40.6 Å². The lowest BCUT2D eigenvalue weighted by atomic mass is 10.2. The fourth-order valence-electron chi connectivity index (χ4n) is 2.08. The molecule has 1 heterocycles. The van der Waals surface area contributed by atoms with Crippen LogP contribution in [0.2, 0.25) is 0 Å². The zero-order valence-electron chi connectivity index (χ0n) is 14.3. The largest absolute Gasteiger partial charge is 0.465 e. The lowest BCUT2D eigenvalue weighted by molar-refractivity contribution is -0.136. The number of ether oxygens (including phenoxy) is 1. The minimum Gasteiger partial charge on any atom is -0.465 e. The minimum atomic E-state index is -0.800. The summed E-state index contributed by atoms with van der Waals surface area (Å²) in [5, 5.41) is 4.97. The lowest BCUT2D eigenvalue weighted by Crippen LogP contribution is -2.36. The van der Waals surface area contributed by atoms with Crippen molar-refractivity contribution in [3.8, 4) is 0 Å². The molecule has 0 radical (unpaired) electrons. The van der Waals surface area contributed by atoms with Crippen LogP contribution in [-0.4, -0.2) is 37.2 Å². The van der Waals surface area contributed by atoms with E-state index in [1.54, 1.807) is 6.07 Å². The van der Waals surface area contributed by atoms with E-state index in [9.17, 15) is 19.2 Å². The Hall–Kier alpha value is -3.00. The van der Waals surface area contributed by atoms with E-state index in [4.69, 9.17) is 0 Å². The smallest absolute Gasteiger partial charge is 0.337 e. The molecule has 2 rings (SSSR count). The SMILES string of the molecule is COC(=O)c1ccc(NC(=O)C(=O)NCCc2ccc(C(C)=O)s2)cc1. The van der Waals surface area contributed by atoms with Gasteiger partial charge in [0.1, 0.15) is 0 Å². The van der Waals surface area contributed by atoms with Gasteiger partial charge in [-0.2, -0.15) is 0 Å². The molecule has 0 fully saturated rings. The fourth-order valence-corrected chi connectivity index (χ4v) is 2.98. The number of carbonyl (C=O) groups excluding carboxylic acids is 4. The number of methoxy groups -OCH3 is 1. The molecule has 0 aliphatic carbocycles. The second kappa shape index (κ2) is 8.91. The van der Waals surface area contributed by atoms with Crippen LogP contribution in [0.15, 0.2) is 36.4 Å². The number of nitrogens with one attached hydrogen (secondary N) is 2. The molecule has 1 aromatic heterocycles. The monoisotopic (exact) mass is 374 g/mol. The molecular weight excluding hydrogens is 356 g/mol. The summed E-state index contributed by atoms with van der Waals surface area (Å²) in [5.74, 6) is -2.04. The van der Waals surface area contributed by atoms with Gasteiger partial charge in [-0.05, 0) is 49.7 Å². The molecule has 8 heteroatoms. The molecule has 0 aliphatic heterocycles. The second-order valence-corrected chi connectivity index (χ2v) is 6.52. The summed E-state index contributed by atoms with van der Waals surface area (Å²) in [6, 6.07) is 9.57. The van der Waals surface area contributed by atoms with Crippen molar-refractivity contribution < 1.29 is 23.9 Å². The molecule has 2 aromatic rings. The van der Waals surface area contributed by atoms with Gasteiger partial charge in [0, 0.05) is 17.1 Å². The number of benzene rings is 1. The number of carbonyl (C=O) groups is 4. The number of thiophene rings is 1. The Balaban J connectivity index is 1.80. The fraction of sp³-hybridized carbons (Fsp3) is 0.222. The molecule has 2 amide bonds. The van der Waals surface area contributed by atoms with E-state index in [0.29, 0.717) is 22.5 Å². The molecule has 1 aromatic carbocycles. The molecule has 2 N–H and O–H groups in total. The van der Waals surface area contributed by atoms with Gasteiger partial charge in [-0.3, -0.25) is 14.4 Å². The Morgan fingerprint density at radius 2 is 1.69 bits per heavy atom. The first-order valence-electron chi connectivity index (χ1n) is 7.78. The summed E-state index contributed by atoms with van der Waals surface area (Å²) in [4.78, 5) is 47.9. The predicted octanol–water partition coefficient (Wildman–Crippen LogP) is 2.03. The Labute approximate surface area is 154 Å². The van der Waals surface area contributed by atoms with Crippen molar-refractivity contribution in [1.29, 1.82) is 0 Å². The van der Waals surface area contributed by atoms with Crippen LogP contribution in [-0.2, 0) is 20.7 Å². The maximum Gasteiger partial charge on any atom is 0.337 e. The van der Waals surface area contributed by atoms with Crippen molar-refractivity contribution in [2.24, 2.45) is 0 Å². The van der Waals surface area contributed by atoms with Crippen LogP contribution in [0.1, 0.15) is 31.8 Å². The highest BCUT2D eigenvalue weighted by molar-refractivity contribution is 7.14. The normalized spacial score (nSPS) is 10.1. The number of ketones is 1. The van der Waals surface area contributed by atoms with E-state index >= 15 is 0 Å². The third-order valence-corrected chi connectivity index (χ3v) is 4.68. The minimum absolute atomic E-state index is 0.00267. The van der Waals surface area contributed by atoms with Crippen LogP contribution in [0.25, 0.3) is 0 Å². The number of rotatable bonds is 6. The number of hydrogen-bond acceptors (Lipinski definition) is 6. The standard InChI is InChI=1S/C18H18N2O5S/c1-11(21)15-8-7-14(26-15)9-10-19-16(22)17(23)20-13-5-3-12(4-6-13)18(24)25-2/h3-8H,9-10H2,1-2H3,(H,19,22)(H,20,23). The number of Topliss-reactive ketones (excluding diaryl/α,β-unsaturated/α-hetero) is 1. The van der Waals surface area contributed by atoms with Crippen molar-refractivity contribution in [2.45, 2.75) is 13.3 Å². The maximum absolute atomic E-state index is 11.9. The van der Waals surface area contributed by atoms with Crippen LogP contribution in [0.4, 0.5) is 5.69 Å². The van der Waals surface area contributed by atoms with Gasteiger partial charge in [0.15, 0.2) is 5.78 Å². The van der Waals surface area contributed by atoms with Crippen LogP contribution >= 0.6 is 11.3 Å². The molecule has 7 nitrogen and oxygen atoms in total. The quantitative estimate of drug-likeness (QED) is 0.458. The zero-order valence-corrected chi connectivity index (χ0v) is 15.1. The molecule has 0 saturated carbocycles. The Kier molecular flexibility index (Phi) is 6.62. The van der Waals surface area contributed by atoms with Crippen molar-refractivity contribution in [3.05, 3.63) is 51.7 Å². The van der Waals surface area contributed by atoms with Gasteiger partial charge < -0.3 is 15.4 Å².